The van der Waals surface area contributed by atoms with E-state index in [2.05, 4.69) is 22.1 Å². The number of halogens is 1. The lowest BCUT2D eigenvalue weighted by molar-refractivity contribution is 0.625. The maximum Gasteiger partial charge on any atom is 0.140 e. The lowest BCUT2D eigenvalue weighted by Gasteiger charge is -2.00. The number of anilines is 1. The molecule has 1 heterocycles. The van der Waals surface area contributed by atoms with Crippen molar-refractivity contribution in [3.63, 3.8) is 0 Å². The fourth-order valence-electron chi connectivity index (χ4n) is 1.35. The van der Waals surface area contributed by atoms with E-state index < -0.39 is 0 Å². The van der Waals surface area contributed by atoms with Crippen LogP contribution in [0.15, 0.2) is 42.7 Å². The smallest absolute Gasteiger partial charge is 0.140 e. The Morgan fingerprint density at radius 3 is 2.76 bits per heavy atom. The molecule has 0 aliphatic rings. The molecule has 0 amide bonds. The van der Waals surface area contributed by atoms with Crippen LogP contribution in [0.4, 0.5) is 10.1 Å². The summed E-state index contributed by atoms with van der Waals surface area (Å²) in [6.07, 6.45) is 3.32. The molecule has 0 unspecified atom stereocenters. The molecule has 0 fully saturated rings. The molecule has 84 valence electrons. The number of hydrogen-bond donors (Lipinski definition) is 1. The van der Waals surface area contributed by atoms with Crippen molar-refractivity contribution in [2.75, 3.05) is 12.4 Å². The number of nitrogens with one attached hydrogen (secondary N) is 1. The average molecular weight is 226 g/mol. The minimum atomic E-state index is -0.326. The third kappa shape index (κ3) is 2.82. The zero-order valence-corrected chi connectivity index (χ0v) is 9.37. The molecule has 2 rings (SSSR count). The third-order valence-corrected chi connectivity index (χ3v) is 2.26. The Kier molecular flexibility index (Phi) is 3.37. The Hall–Kier alpha value is -2.34. The van der Waals surface area contributed by atoms with E-state index in [-0.39, 0.29) is 5.82 Å². The van der Waals surface area contributed by atoms with E-state index in [0.29, 0.717) is 5.56 Å². The largest absolute Gasteiger partial charge is 0.388 e. The van der Waals surface area contributed by atoms with E-state index in [1.807, 2.05) is 6.07 Å². The van der Waals surface area contributed by atoms with Gasteiger partial charge >= 0.3 is 0 Å². The molecule has 2 nitrogen and oxygen atoms in total. The normalized spacial score (nSPS) is 9.29. The van der Waals surface area contributed by atoms with Gasteiger partial charge in [-0.3, -0.25) is 4.98 Å². The number of hydrogen-bond acceptors (Lipinski definition) is 2. The Morgan fingerprint density at radius 1 is 1.24 bits per heavy atom. The minimum absolute atomic E-state index is 0.326. The van der Waals surface area contributed by atoms with E-state index in [9.17, 15) is 4.39 Å². The SMILES string of the molecule is CNc1ccc(C#Cc2cccnc2)c(F)c1. The van der Waals surface area contributed by atoms with Crippen LogP contribution in [0, 0.1) is 17.7 Å². The number of benzene rings is 1. The summed E-state index contributed by atoms with van der Waals surface area (Å²) in [5.41, 5.74) is 1.88. The van der Waals surface area contributed by atoms with Gasteiger partial charge in [0.05, 0.1) is 5.56 Å². The molecule has 0 aliphatic carbocycles. The summed E-state index contributed by atoms with van der Waals surface area (Å²) in [5, 5.41) is 2.87. The molecular formula is C14H11FN2. The van der Waals surface area contributed by atoms with Crippen molar-refractivity contribution in [2.45, 2.75) is 0 Å². The van der Waals surface area contributed by atoms with Crippen LogP contribution in [0.2, 0.25) is 0 Å². The molecule has 0 aliphatic heterocycles. The summed E-state index contributed by atoms with van der Waals surface area (Å²) >= 11 is 0. The van der Waals surface area contributed by atoms with Crippen LogP contribution in [-0.2, 0) is 0 Å². The number of nitrogens with zero attached hydrogens (tertiary/aromatic N) is 1. The molecule has 3 heteroatoms. The molecular weight excluding hydrogens is 215 g/mol. The first kappa shape index (κ1) is 11.2. The number of pyridine rings is 1. The van der Waals surface area contributed by atoms with Gasteiger partial charge in [-0.15, -0.1) is 0 Å². The van der Waals surface area contributed by atoms with Crippen molar-refractivity contribution >= 4 is 5.69 Å². The van der Waals surface area contributed by atoms with Crippen LogP contribution in [0.5, 0.6) is 0 Å². The van der Waals surface area contributed by atoms with E-state index in [1.165, 1.54) is 6.07 Å². The van der Waals surface area contributed by atoms with Gasteiger partial charge in [-0.05, 0) is 30.3 Å². The van der Waals surface area contributed by atoms with Crippen LogP contribution in [0.25, 0.3) is 0 Å². The predicted octanol–water partition coefficient (Wildman–Crippen LogP) is 2.66. The van der Waals surface area contributed by atoms with E-state index in [0.717, 1.165) is 11.3 Å². The molecule has 2 aromatic rings. The van der Waals surface area contributed by atoms with E-state index in [1.54, 1.807) is 37.6 Å². The van der Waals surface area contributed by atoms with Crippen molar-refractivity contribution in [1.29, 1.82) is 0 Å². The molecule has 0 saturated carbocycles. The van der Waals surface area contributed by atoms with Crippen molar-refractivity contribution in [3.8, 4) is 11.8 Å². The highest BCUT2D eigenvalue weighted by Crippen LogP contribution is 2.13. The number of rotatable bonds is 1. The molecule has 0 bridgehead atoms. The summed E-state index contributed by atoms with van der Waals surface area (Å²) in [6.45, 7) is 0. The maximum atomic E-state index is 13.6. The molecule has 1 aromatic carbocycles. The van der Waals surface area contributed by atoms with Crippen molar-refractivity contribution in [3.05, 3.63) is 59.7 Å². The van der Waals surface area contributed by atoms with Gasteiger partial charge in [0.25, 0.3) is 0 Å². The fourth-order valence-corrected chi connectivity index (χ4v) is 1.35. The fraction of sp³-hybridized carbons (Fsp3) is 0.0714. The molecule has 1 N–H and O–H groups in total. The van der Waals surface area contributed by atoms with Crippen molar-refractivity contribution < 1.29 is 4.39 Å². The highest BCUT2D eigenvalue weighted by Gasteiger charge is 1.99. The molecule has 17 heavy (non-hydrogen) atoms. The molecule has 0 saturated heterocycles. The van der Waals surface area contributed by atoms with Gasteiger partial charge in [0.15, 0.2) is 0 Å². The Labute approximate surface area is 99.5 Å². The van der Waals surface area contributed by atoms with E-state index >= 15 is 0 Å². The zero-order valence-electron chi connectivity index (χ0n) is 9.37. The van der Waals surface area contributed by atoms with E-state index in [4.69, 9.17) is 0 Å². The lowest BCUT2D eigenvalue weighted by atomic mass is 10.2. The highest BCUT2D eigenvalue weighted by molar-refractivity contribution is 5.50. The highest BCUT2D eigenvalue weighted by atomic mass is 19.1. The van der Waals surface area contributed by atoms with Crippen LogP contribution in [-0.4, -0.2) is 12.0 Å². The quantitative estimate of drug-likeness (QED) is 0.756. The average Bonchev–Trinajstić information content (AvgIpc) is 2.38. The van der Waals surface area contributed by atoms with Crippen LogP contribution in [0.1, 0.15) is 11.1 Å². The second-order valence-electron chi connectivity index (χ2n) is 3.44. The maximum absolute atomic E-state index is 13.6. The molecule has 0 spiro atoms. The standard InChI is InChI=1S/C14H11FN2/c1-16-13-7-6-12(14(15)9-13)5-4-11-3-2-8-17-10-11/h2-3,6-10,16H,1H3. The van der Waals surface area contributed by atoms with Crippen molar-refractivity contribution in [2.24, 2.45) is 0 Å². The Balaban J connectivity index is 2.28. The predicted molar refractivity (Wildman–Crippen MR) is 66.2 cm³/mol. The molecule has 0 radical (unpaired) electrons. The first-order valence-electron chi connectivity index (χ1n) is 5.19. The van der Waals surface area contributed by atoms with Crippen LogP contribution >= 0.6 is 0 Å². The Bertz CT molecular complexity index is 568. The topological polar surface area (TPSA) is 24.9 Å². The summed E-state index contributed by atoms with van der Waals surface area (Å²) in [6, 6.07) is 8.50. The first-order valence-corrected chi connectivity index (χ1v) is 5.19. The zero-order chi connectivity index (χ0) is 12.1. The van der Waals surface area contributed by atoms with Gasteiger partial charge in [-0.2, -0.15) is 0 Å². The second kappa shape index (κ2) is 5.13. The van der Waals surface area contributed by atoms with Crippen molar-refractivity contribution in [1.82, 2.24) is 4.98 Å². The lowest BCUT2D eigenvalue weighted by Crippen LogP contribution is -1.90. The second-order valence-corrected chi connectivity index (χ2v) is 3.44. The summed E-state index contributed by atoms with van der Waals surface area (Å²) in [4.78, 5) is 3.94. The van der Waals surface area contributed by atoms with Gasteiger partial charge in [0.1, 0.15) is 5.82 Å². The van der Waals surface area contributed by atoms with Gasteiger partial charge in [0, 0.05) is 30.7 Å². The minimum Gasteiger partial charge on any atom is -0.388 e. The van der Waals surface area contributed by atoms with Gasteiger partial charge in [-0.25, -0.2) is 4.39 Å². The van der Waals surface area contributed by atoms with Gasteiger partial charge in [-0.1, -0.05) is 11.8 Å². The molecule has 0 atom stereocenters. The summed E-state index contributed by atoms with van der Waals surface area (Å²) in [7, 11) is 1.75. The first-order chi connectivity index (χ1) is 8.29. The Morgan fingerprint density at radius 2 is 2.12 bits per heavy atom. The van der Waals surface area contributed by atoms with Gasteiger partial charge < -0.3 is 5.32 Å². The summed E-state index contributed by atoms with van der Waals surface area (Å²) < 4.78 is 13.6. The monoisotopic (exact) mass is 226 g/mol. The third-order valence-electron chi connectivity index (χ3n) is 2.26. The van der Waals surface area contributed by atoms with Crippen LogP contribution < -0.4 is 5.32 Å². The molecule has 1 aromatic heterocycles. The van der Waals surface area contributed by atoms with Gasteiger partial charge in [0.2, 0.25) is 0 Å². The summed E-state index contributed by atoms with van der Waals surface area (Å²) in [5.74, 6) is 5.33. The van der Waals surface area contributed by atoms with Crippen LogP contribution in [0.3, 0.4) is 0 Å². The number of aromatic nitrogens is 1.